The molecule has 0 unspecified atom stereocenters. The Morgan fingerprint density at radius 1 is 1.12 bits per heavy atom. The lowest BCUT2D eigenvalue weighted by molar-refractivity contribution is 0.189. The van der Waals surface area contributed by atoms with Crippen molar-refractivity contribution in [1.82, 2.24) is 9.55 Å². The van der Waals surface area contributed by atoms with E-state index in [4.69, 9.17) is 26.1 Å². The highest BCUT2D eigenvalue weighted by Crippen LogP contribution is 2.22. The van der Waals surface area contributed by atoms with Crippen molar-refractivity contribution in [1.29, 1.82) is 0 Å². The van der Waals surface area contributed by atoms with Crippen LogP contribution < -0.4 is 4.74 Å². The lowest BCUT2D eigenvalue weighted by Crippen LogP contribution is -2.09. The van der Waals surface area contributed by atoms with Gasteiger partial charge in [0.15, 0.2) is 0 Å². The Balaban J connectivity index is 1.84. The molecule has 0 atom stereocenters. The van der Waals surface area contributed by atoms with Gasteiger partial charge in [-0.3, -0.25) is 0 Å². The number of ether oxygens (including phenoxy) is 2. The molecule has 0 bridgehead atoms. The first-order valence-corrected chi connectivity index (χ1v) is 8.38. The minimum absolute atomic E-state index is 0.419. The van der Waals surface area contributed by atoms with Crippen LogP contribution in [-0.4, -0.2) is 23.3 Å². The summed E-state index contributed by atoms with van der Waals surface area (Å²) in [7, 11) is 1.71. The minimum Gasteiger partial charge on any atom is -0.486 e. The molecule has 1 aromatic heterocycles. The van der Waals surface area contributed by atoms with E-state index in [2.05, 4.69) is 11.5 Å². The number of aromatic nitrogens is 2. The van der Waals surface area contributed by atoms with E-state index < -0.39 is 0 Å². The van der Waals surface area contributed by atoms with Crippen molar-refractivity contribution in [3.05, 3.63) is 58.9 Å². The monoisotopic (exact) mass is 344 g/mol. The highest BCUT2D eigenvalue weighted by Gasteiger charge is 2.12. The van der Waals surface area contributed by atoms with Crippen LogP contribution in [0.15, 0.2) is 42.5 Å². The van der Waals surface area contributed by atoms with Gasteiger partial charge in [-0.15, -0.1) is 0 Å². The largest absolute Gasteiger partial charge is 0.486 e. The molecule has 0 fully saturated rings. The molecule has 24 heavy (non-hydrogen) atoms. The molecule has 3 aromatic rings. The first-order valence-electron chi connectivity index (χ1n) is 8.00. The number of benzene rings is 2. The van der Waals surface area contributed by atoms with E-state index in [0.717, 1.165) is 35.6 Å². The maximum Gasteiger partial charge on any atom is 0.147 e. The van der Waals surface area contributed by atoms with E-state index in [1.54, 1.807) is 7.11 Å². The highest BCUT2D eigenvalue weighted by molar-refractivity contribution is 6.31. The van der Waals surface area contributed by atoms with E-state index in [0.29, 0.717) is 18.2 Å². The number of halogens is 1. The van der Waals surface area contributed by atoms with Crippen molar-refractivity contribution in [2.45, 2.75) is 26.5 Å². The third-order valence-electron chi connectivity index (χ3n) is 3.91. The number of methoxy groups -OCH3 is 1. The molecule has 0 saturated heterocycles. The average molecular weight is 345 g/mol. The summed E-state index contributed by atoms with van der Waals surface area (Å²) in [6.45, 7) is 4.00. The molecule has 0 radical (unpaired) electrons. The SMILES string of the molecule is COCCCn1c(COc2ccc(C)cc2)nc2ccc(Cl)cc21. The second-order valence-corrected chi connectivity index (χ2v) is 6.20. The summed E-state index contributed by atoms with van der Waals surface area (Å²) < 4.78 is 13.2. The first-order chi connectivity index (χ1) is 11.7. The van der Waals surface area contributed by atoms with Gasteiger partial charge < -0.3 is 14.0 Å². The van der Waals surface area contributed by atoms with Crippen molar-refractivity contribution in [3.8, 4) is 5.75 Å². The molecule has 2 aromatic carbocycles. The van der Waals surface area contributed by atoms with Crippen LogP contribution in [0.2, 0.25) is 5.02 Å². The molecule has 0 spiro atoms. The zero-order valence-electron chi connectivity index (χ0n) is 14.0. The fraction of sp³-hybridized carbons (Fsp3) is 0.316. The van der Waals surface area contributed by atoms with Crippen LogP contribution in [0.4, 0.5) is 0 Å². The molecule has 126 valence electrons. The zero-order chi connectivity index (χ0) is 16.9. The molecule has 4 nitrogen and oxygen atoms in total. The van der Waals surface area contributed by atoms with Gasteiger partial charge in [0, 0.05) is 25.3 Å². The standard InChI is InChI=1S/C19H21ClN2O2/c1-14-4-7-16(8-5-14)24-13-19-21-17-9-6-15(20)12-18(17)22(19)10-3-11-23-2/h4-9,12H,3,10-11,13H2,1-2H3. The van der Waals surface area contributed by atoms with Crippen LogP contribution in [0.1, 0.15) is 17.8 Å². The maximum absolute atomic E-state index is 6.15. The molecule has 0 N–H and O–H groups in total. The number of nitrogens with zero attached hydrogens (tertiary/aromatic N) is 2. The lowest BCUT2D eigenvalue weighted by Gasteiger charge is -2.10. The van der Waals surface area contributed by atoms with Gasteiger partial charge in [-0.1, -0.05) is 29.3 Å². The fourth-order valence-electron chi connectivity index (χ4n) is 2.65. The van der Waals surface area contributed by atoms with Crippen LogP contribution in [0, 0.1) is 6.92 Å². The summed E-state index contributed by atoms with van der Waals surface area (Å²) in [5, 5.41) is 0.710. The Kier molecular flexibility index (Phi) is 5.38. The van der Waals surface area contributed by atoms with Crippen LogP contribution in [0.25, 0.3) is 11.0 Å². The second-order valence-electron chi connectivity index (χ2n) is 5.76. The van der Waals surface area contributed by atoms with Gasteiger partial charge in [0.1, 0.15) is 18.2 Å². The van der Waals surface area contributed by atoms with Gasteiger partial charge in [0.25, 0.3) is 0 Å². The van der Waals surface area contributed by atoms with Gasteiger partial charge in [-0.05, 0) is 43.7 Å². The smallest absolute Gasteiger partial charge is 0.147 e. The van der Waals surface area contributed by atoms with Gasteiger partial charge in [-0.25, -0.2) is 4.98 Å². The van der Waals surface area contributed by atoms with Crippen molar-refractivity contribution >= 4 is 22.6 Å². The van der Waals surface area contributed by atoms with Gasteiger partial charge >= 0.3 is 0 Å². The highest BCUT2D eigenvalue weighted by atomic mass is 35.5. The molecule has 0 aliphatic rings. The molecule has 0 aliphatic carbocycles. The Bertz CT molecular complexity index is 812. The molecule has 0 saturated carbocycles. The number of hydrogen-bond donors (Lipinski definition) is 0. The lowest BCUT2D eigenvalue weighted by atomic mass is 10.2. The number of rotatable bonds is 7. The number of imidazole rings is 1. The van der Waals surface area contributed by atoms with Crippen LogP contribution in [0.5, 0.6) is 5.75 Å². The molecular weight excluding hydrogens is 324 g/mol. The zero-order valence-corrected chi connectivity index (χ0v) is 14.7. The van der Waals surface area contributed by atoms with Crippen molar-refractivity contribution in [2.75, 3.05) is 13.7 Å². The number of hydrogen-bond acceptors (Lipinski definition) is 3. The quantitative estimate of drug-likeness (QED) is 0.587. The summed E-state index contributed by atoms with van der Waals surface area (Å²) in [6.07, 6.45) is 0.909. The van der Waals surface area contributed by atoms with Crippen LogP contribution in [0.3, 0.4) is 0 Å². The Morgan fingerprint density at radius 3 is 2.67 bits per heavy atom. The van der Waals surface area contributed by atoms with Gasteiger partial charge in [0.2, 0.25) is 0 Å². The normalized spacial score (nSPS) is 11.1. The Hall–Kier alpha value is -2.04. The van der Waals surface area contributed by atoms with Gasteiger partial charge in [0.05, 0.1) is 11.0 Å². The van der Waals surface area contributed by atoms with Crippen LogP contribution in [-0.2, 0) is 17.9 Å². The van der Waals surface area contributed by atoms with E-state index in [9.17, 15) is 0 Å². The van der Waals surface area contributed by atoms with Crippen LogP contribution >= 0.6 is 11.6 Å². The summed E-state index contributed by atoms with van der Waals surface area (Å²) in [6, 6.07) is 13.8. The first kappa shape index (κ1) is 16.8. The van der Waals surface area contributed by atoms with Crippen molar-refractivity contribution in [2.24, 2.45) is 0 Å². The van der Waals surface area contributed by atoms with Crippen molar-refractivity contribution < 1.29 is 9.47 Å². The summed E-state index contributed by atoms with van der Waals surface area (Å²) in [5.74, 6) is 1.73. The molecule has 5 heteroatoms. The van der Waals surface area contributed by atoms with E-state index in [1.807, 2.05) is 42.5 Å². The number of fused-ring (bicyclic) bond motifs is 1. The summed E-state index contributed by atoms with van der Waals surface area (Å²) in [4.78, 5) is 4.70. The summed E-state index contributed by atoms with van der Waals surface area (Å²) >= 11 is 6.15. The molecule has 0 amide bonds. The van der Waals surface area contributed by atoms with E-state index in [1.165, 1.54) is 5.56 Å². The van der Waals surface area contributed by atoms with Gasteiger partial charge in [-0.2, -0.15) is 0 Å². The van der Waals surface area contributed by atoms with Crippen molar-refractivity contribution in [3.63, 3.8) is 0 Å². The number of aryl methyl sites for hydroxylation is 2. The molecule has 1 heterocycles. The third-order valence-corrected chi connectivity index (χ3v) is 4.14. The topological polar surface area (TPSA) is 36.3 Å². The van der Waals surface area contributed by atoms with E-state index in [-0.39, 0.29) is 0 Å². The fourth-order valence-corrected chi connectivity index (χ4v) is 2.82. The third kappa shape index (κ3) is 3.89. The van der Waals surface area contributed by atoms with E-state index >= 15 is 0 Å². The predicted molar refractivity (Wildman–Crippen MR) is 96.7 cm³/mol. The average Bonchev–Trinajstić information content (AvgIpc) is 2.92. The maximum atomic E-state index is 6.15. The Labute approximate surface area is 147 Å². The second kappa shape index (κ2) is 7.69. The predicted octanol–water partition coefficient (Wildman–Crippen LogP) is 4.61. The molecular formula is C19H21ClN2O2. The molecule has 3 rings (SSSR count). The minimum atomic E-state index is 0.419. The Morgan fingerprint density at radius 2 is 1.92 bits per heavy atom. The molecule has 0 aliphatic heterocycles. The summed E-state index contributed by atoms with van der Waals surface area (Å²) in [5.41, 5.74) is 3.17.